The fraction of sp³-hybridized carbons (Fsp3) is 0.308. The summed E-state index contributed by atoms with van der Waals surface area (Å²) >= 11 is 1.57. The molecule has 0 amide bonds. The number of nitrogens with zero attached hydrogens (tertiary/aromatic N) is 1. The van der Waals surface area contributed by atoms with E-state index in [2.05, 4.69) is 4.98 Å². The number of aromatic nitrogens is 1. The molecule has 90 valence electrons. The van der Waals surface area contributed by atoms with E-state index >= 15 is 0 Å². The molecule has 4 heteroatoms. The van der Waals surface area contributed by atoms with Gasteiger partial charge in [-0.15, -0.1) is 11.3 Å². The van der Waals surface area contributed by atoms with E-state index in [1.165, 1.54) is 5.56 Å². The van der Waals surface area contributed by atoms with Gasteiger partial charge in [0.15, 0.2) is 0 Å². The van der Waals surface area contributed by atoms with E-state index in [1.807, 2.05) is 35.7 Å². The first-order valence-corrected chi connectivity index (χ1v) is 6.42. The molecule has 0 radical (unpaired) electrons. The molecule has 1 aromatic carbocycles. The van der Waals surface area contributed by atoms with Gasteiger partial charge in [-0.2, -0.15) is 0 Å². The fourth-order valence-corrected chi connectivity index (χ4v) is 2.23. The van der Waals surface area contributed by atoms with E-state index in [9.17, 15) is 0 Å². The Balaban J connectivity index is 1.69. The lowest BCUT2D eigenvalue weighted by Gasteiger charge is -2.02. The topological polar surface area (TPSA) is 42.4 Å². The molecule has 1 aromatic heterocycles. The van der Waals surface area contributed by atoms with Crippen LogP contribution in [0.5, 0.6) is 0 Å². The Hall–Kier alpha value is -1.23. The molecule has 1 N–H and O–H groups in total. The number of benzene rings is 1. The first kappa shape index (κ1) is 12.2. The minimum Gasteiger partial charge on any atom is -0.390 e. The molecular formula is C13H15NO2S. The van der Waals surface area contributed by atoms with Gasteiger partial charge >= 0.3 is 0 Å². The third kappa shape index (κ3) is 3.93. The van der Waals surface area contributed by atoms with E-state index in [0.717, 1.165) is 17.1 Å². The zero-order valence-electron chi connectivity index (χ0n) is 9.50. The molecule has 0 bridgehead atoms. The second-order valence-electron chi connectivity index (χ2n) is 3.68. The summed E-state index contributed by atoms with van der Waals surface area (Å²) in [7, 11) is 0. The normalized spacial score (nSPS) is 10.6. The Bertz CT molecular complexity index is 442. The molecule has 1 heterocycles. The minimum absolute atomic E-state index is 0.0153. The van der Waals surface area contributed by atoms with Gasteiger partial charge in [0.1, 0.15) is 0 Å². The van der Waals surface area contributed by atoms with Gasteiger partial charge in [0.05, 0.1) is 30.5 Å². The Morgan fingerprint density at radius 2 is 2.06 bits per heavy atom. The Morgan fingerprint density at radius 1 is 1.24 bits per heavy atom. The van der Waals surface area contributed by atoms with Crippen molar-refractivity contribution in [3.8, 4) is 0 Å². The summed E-state index contributed by atoms with van der Waals surface area (Å²) in [6.07, 6.45) is 0.803. The predicted octanol–water partition coefficient (Wildman–Crippen LogP) is 2.39. The summed E-state index contributed by atoms with van der Waals surface area (Å²) < 4.78 is 5.57. The van der Waals surface area contributed by atoms with Crippen molar-refractivity contribution >= 4 is 11.3 Å². The van der Waals surface area contributed by atoms with E-state index < -0.39 is 0 Å². The minimum atomic E-state index is 0.0153. The van der Waals surface area contributed by atoms with Gasteiger partial charge in [-0.1, -0.05) is 30.3 Å². The Kier molecular flexibility index (Phi) is 4.67. The maximum absolute atomic E-state index is 8.88. The van der Waals surface area contributed by atoms with E-state index in [4.69, 9.17) is 9.84 Å². The average Bonchev–Trinajstić information content (AvgIpc) is 2.84. The van der Waals surface area contributed by atoms with Gasteiger partial charge in [0, 0.05) is 11.8 Å². The van der Waals surface area contributed by atoms with Gasteiger partial charge in [-0.3, -0.25) is 0 Å². The largest absolute Gasteiger partial charge is 0.390 e. The highest BCUT2D eigenvalue weighted by Crippen LogP contribution is 2.10. The molecule has 0 fully saturated rings. The van der Waals surface area contributed by atoms with E-state index in [0.29, 0.717) is 13.2 Å². The number of thiazole rings is 1. The van der Waals surface area contributed by atoms with E-state index in [-0.39, 0.29) is 6.61 Å². The SMILES string of the molecule is OCc1csc(CCOCc2ccccc2)n1. The highest BCUT2D eigenvalue weighted by Gasteiger charge is 2.00. The first-order chi connectivity index (χ1) is 8.38. The monoisotopic (exact) mass is 249 g/mol. The Morgan fingerprint density at radius 3 is 2.76 bits per heavy atom. The van der Waals surface area contributed by atoms with Crippen molar-refractivity contribution in [2.24, 2.45) is 0 Å². The third-order valence-electron chi connectivity index (χ3n) is 2.33. The number of hydrogen-bond acceptors (Lipinski definition) is 4. The zero-order chi connectivity index (χ0) is 11.9. The number of aliphatic hydroxyl groups is 1. The van der Waals surface area contributed by atoms with Crippen molar-refractivity contribution < 1.29 is 9.84 Å². The molecule has 2 rings (SSSR count). The van der Waals surface area contributed by atoms with Gasteiger partial charge < -0.3 is 9.84 Å². The van der Waals surface area contributed by atoms with Gasteiger partial charge in [-0.25, -0.2) is 4.98 Å². The molecule has 0 saturated heterocycles. The Labute approximate surface area is 105 Å². The molecule has 3 nitrogen and oxygen atoms in total. The lowest BCUT2D eigenvalue weighted by atomic mass is 10.2. The lowest BCUT2D eigenvalue weighted by Crippen LogP contribution is -1.99. The molecule has 0 aliphatic carbocycles. The van der Waals surface area contributed by atoms with Crippen LogP contribution in [0.4, 0.5) is 0 Å². The second-order valence-corrected chi connectivity index (χ2v) is 4.62. The van der Waals surface area contributed by atoms with Gasteiger partial charge in [0.25, 0.3) is 0 Å². The maximum Gasteiger partial charge on any atom is 0.0952 e. The van der Waals surface area contributed by atoms with Crippen LogP contribution in [0.1, 0.15) is 16.3 Å². The molecule has 0 aliphatic rings. The van der Waals surface area contributed by atoms with Crippen molar-refractivity contribution in [2.45, 2.75) is 19.6 Å². The van der Waals surface area contributed by atoms with E-state index in [1.54, 1.807) is 11.3 Å². The zero-order valence-corrected chi connectivity index (χ0v) is 10.3. The maximum atomic E-state index is 8.88. The summed E-state index contributed by atoms with van der Waals surface area (Å²) in [5.74, 6) is 0. The molecular weight excluding hydrogens is 234 g/mol. The smallest absolute Gasteiger partial charge is 0.0952 e. The second kappa shape index (κ2) is 6.49. The predicted molar refractivity (Wildman–Crippen MR) is 67.8 cm³/mol. The summed E-state index contributed by atoms with van der Waals surface area (Å²) in [4.78, 5) is 4.26. The average molecular weight is 249 g/mol. The summed E-state index contributed by atoms with van der Waals surface area (Å²) in [5, 5.41) is 11.8. The van der Waals surface area contributed by atoms with Crippen LogP contribution in [0.25, 0.3) is 0 Å². The van der Waals surface area contributed by atoms with Crippen LogP contribution >= 0.6 is 11.3 Å². The van der Waals surface area contributed by atoms with Gasteiger partial charge in [-0.05, 0) is 5.56 Å². The van der Waals surface area contributed by atoms with Crippen LogP contribution in [0, 0.1) is 0 Å². The standard InChI is InChI=1S/C13H15NO2S/c15-8-12-10-17-13(14-12)6-7-16-9-11-4-2-1-3-5-11/h1-5,10,15H,6-9H2. The first-order valence-electron chi connectivity index (χ1n) is 5.54. The number of aliphatic hydroxyl groups excluding tert-OH is 1. The number of ether oxygens (including phenoxy) is 1. The molecule has 0 aliphatic heterocycles. The van der Waals surface area contributed by atoms with Crippen molar-refractivity contribution in [2.75, 3.05) is 6.61 Å². The van der Waals surface area contributed by atoms with Crippen LogP contribution in [0.15, 0.2) is 35.7 Å². The van der Waals surface area contributed by atoms with Crippen LogP contribution in [0.2, 0.25) is 0 Å². The quantitative estimate of drug-likeness (QED) is 0.799. The molecule has 0 spiro atoms. The van der Waals surface area contributed by atoms with Crippen molar-refractivity contribution in [3.05, 3.63) is 52.0 Å². The number of hydrogen-bond donors (Lipinski definition) is 1. The summed E-state index contributed by atoms with van der Waals surface area (Å²) in [6.45, 7) is 1.31. The number of rotatable bonds is 6. The van der Waals surface area contributed by atoms with Crippen molar-refractivity contribution in [1.82, 2.24) is 4.98 Å². The van der Waals surface area contributed by atoms with Crippen LogP contribution in [0.3, 0.4) is 0 Å². The van der Waals surface area contributed by atoms with Crippen molar-refractivity contribution in [3.63, 3.8) is 0 Å². The summed E-state index contributed by atoms with van der Waals surface area (Å²) in [5.41, 5.74) is 1.93. The fourth-order valence-electron chi connectivity index (χ4n) is 1.46. The van der Waals surface area contributed by atoms with Crippen molar-refractivity contribution in [1.29, 1.82) is 0 Å². The molecule has 2 aromatic rings. The van der Waals surface area contributed by atoms with Gasteiger partial charge in [0.2, 0.25) is 0 Å². The molecule has 0 saturated carbocycles. The van der Waals surface area contributed by atoms with Crippen LogP contribution < -0.4 is 0 Å². The third-order valence-corrected chi connectivity index (χ3v) is 3.29. The summed E-state index contributed by atoms with van der Waals surface area (Å²) in [6, 6.07) is 10.1. The molecule has 17 heavy (non-hydrogen) atoms. The molecule has 0 unspecified atom stereocenters. The lowest BCUT2D eigenvalue weighted by molar-refractivity contribution is 0.123. The molecule has 0 atom stereocenters. The van der Waals surface area contributed by atoms with Crippen LogP contribution in [-0.2, 0) is 24.4 Å². The highest BCUT2D eigenvalue weighted by atomic mass is 32.1. The van der Waals surface area contributed by atoms with Crippen LogP contribution in [-0.4, -0.2) is 16.7 Å². The highest BCUT2D eigenvalue weighted by molar-refractivity contribution is 7.09.